The van der Waals surface area contributed by atoms with Crippen LogP contribution in [0.3, 0.4) is 0 Å². The van der Waals surface area contributed by atoms with Gasteiger partial charge in [-0.25, -0.2) is 9.18 Å². The quantitative estimate of drug-likeness (QED) is 0.699. The Morgan fingerprint density at radius 1 is 1.22 bits per heavy atom. The molecule has 0 saturated carbocycles. The molecule has 4 nitrogen and oxygen atoms in total. The molecule has 1 aliphatic rings. The molecule has 2 N–H and O–H groups in total. The summed E-state index contributed by atoms with van der Waals surface area (Å²) in [4.78, 5) is 18.1. The van der Waals surface area contributed by atoms with Gasteiger partial charge in [-0.05, 0) is 30.0 Å². The third-order valence-electron chi connectivity index (χ3n) is 5.16. The van der Waals surface area contributed by atoms with Crippen LogP contribution in [-0.2, 0) is 6.42 Å². The number of H-pyrrole nitrogens is 1. The Labute approximate surface area is 158 Å². The van der Waals surface area contributed by atoms with Gasteiger partial charge in [-0.2, -0.15) is 0 Å². The molecule has 0 aliphatic carbocycles. The Morgan fingerprint density at radius 3 is 2.74 bits per heavy atom. The van der Waals surface area contributed by atoms with Gasteiger partial charge in [0, 0.05) is 35.2 Å². The lowest BCUT2D eigenvalue weighted by Gasteiger charge is -2.36. The van der Waals surface area contributed by atoms with Gasteiger partial charge in [-0.15, -0.1) is 0 Å². The molecule has 4 rings (SSSR count). The number of urea groups is 1. The Balaban J connectivity index is 1.81. The topological polar surface area (TPSA) is 48.1 Å². The molecular formula is C22H24FN3O. The van der Waals surface area contributed by atoms with Crippen molar-refractivity contribution in [1.29, 1.82) is 0 Å². The second kappa shape index (κ2) is 7.06. The van der Waals surface area contributed by atoms with Gasteiger partial charge in [0.25, 0.3) is 0 Å². The zero-order valence-electron chi connectivity index (χ0n) is 15.6. The number of hydrogen-bond acceptors (Lipinski definition) is 1. The van der Waals surface area contributed by atoms with E-state index in [0.717, 1.165) is 23.0 Å². The molecule has 0 radical (unpaired) electrons. The molecule has 0 saturated heterocycles. The molecule has 140 valence electrons. The largest absolute Gasteiger partial charge is 0.356 e. The van der Waals surface area contributed by atoms with Crippen molar-refractivity contribution >= 4 is 16.9 Å². The first-order valence-electron chi connectivity index (χ1n) is 9.44. The zero-order valence-corrected chi connectivity index (χ0v) is 15.6. The maximum absolute atomic E-state index is 14.7. The monoisotopic (exact) mass is 365 g/mol. The SMILES string of the molecule is CC(C)CNC(=O)N1CCc2c([nH]c3ccccc23)[C@@H]1c1ccccc1F. The number of fused-ring (bicyclic) bond motifs is 3. The standard InChI is InChI=1S/C22H24FN3O/c1-14(2)13-24-22(27)26-12-11-16-15-7-4-6-10-19(15)25-20(16)21(26)17-8-3-5-9-18(17)23/h3-10,14,21,25H,11-13H2,1-2H3,(H,24,27)/t21-/m0/s1. The van der Waals surface area contributed by atoms with E-state index in [9.17, 15) is 9.18 Å². The average molecular weight is 365 g/mol. The summed E-state index contributed by atoms with van der Waals surface area (Å²) in [7, 11) is 0. The van der Waals surface area contributed by atoms with Gasteiger partial charge in [0.1, 0.15) is 11.9 Å². The first-order chi connectivity index (χ1) is 13.1. The minimum Gasteiger partial charge on any atom is -0.356 e. The molecule has 0 fully saturated rings. The van der Waals surface area contributed by atoms with Crippen molar-refractivity contribution in [2.75, 3.05) is 13.1 Å². The Bertz CT molecular complexity index is 979. The van der Waals surface area contributed by atoms with Gasteiger partial charge in [0.2, 0.25) is 0 Å². The predicted octanol–water partition coefficient (Wildman–Crippen LogP) is 4.62. The highest BCUT2D eigenvalue weighted by Crippen LogP contribution is 2.39. The van der Waals surface area contributed by atoms with Crippen molar-refractivity contribution in [3.63, 3.8) is 0 Å². The van der Waals surface area contributed by atoms with E-state index in [1.807, 2.05) is 24.3 Å². The summed E-state index contributed by atoms with van der Waals surface area (Å²) < 4.78 is 14.7. The van der Waals surface area contributed by atoms with Crippen LogP contribution in [0.25, 0.3) is 10.9 Å². The summed E-state index contributed by atoms with van der Waals surface area (Å²) in [6.07, 6.45) is 0.749. The smallest absolute Gasteiger partial charge is 0.318 e. The third kappa shape index (κ3) is 3.18. The van der Waals surface area contributed by atoms with E-state index < -0.39 is 6.04 Å². The van der Waals surface area contributed by atoms with Crippen molar-refractivity contribution in [3.8, 4) is 0 Å². The molecule has 5 heteroatoms. The molecule has 1 atom stereocenters. The fourth-order valence-electron chi connectivity index (χ4n) is 3.87. The fourth-order valence-corrected chi connectivity index (χ4v) is 3.87. The molecule has 2 amide bonds. The Hall–Kier alpha value is -2.82. The van der Waals surface area contributed by atoms with Crippen molar-refractivity contribution < 1.29 is 9.18 Å². The number of aromatic amines is 1. The maximum atomic E-state index is 14.7. The number of rotatable bonds is 3. The first-order valence-corrected chi connectivity index (χ1v) is 9.44. The number of amides is 2. The van der Waals surface area contributed by atoms with E-state index >= 15 is 0 Å². The van der Waals surface area contributed by atoms with Crippen molar-refractivity contribution in [3.05, 3.63) is 71.2 Å². The normalized spacial score (nSPS) is 16.6. The Morgan fingerprint density at radius 2 is 1.96 bits per heavy atom. The average Bonchev–Trinajstić information content (AvgIpc) is 3.04. The zero-order chi connectivity index (χ0) is 19.0. The molecule has 27 heavy (non-hydrogen) atoms. The highest BCUT2D eigenvalue weighted by molar-refractivity contribution is 5.86. The molecule has 0 spiro atoms. The predicted molar refractivity (Wildman–Crippen MR) is 105 cm³/mol. The molecule has 2 aromatic carbocycles. The van der Waals surface area contributed by atoms with Crippen LogP contribution < -0.4 is 5.32 Å². The van der Waals surface area contributed by atoms with Gasteiger partial charge in [-0.3, -0.25) is 0 Å². The molecule has 2 heterocycles. The highest BCUT2D eigenvalue weighted by atomic mass is 19.1. The number of halogens is 1. The molecule has 0 unspecified atom stereocenters. The lowest BCUT2D eigenvalue weighted by Crippen LogP contribution is -2.47. The van der Waals surface area contributed by atoms with Gasteiger partial charge >= 0.3 is 6.03 Å². The van der Waals surface area contributed by atoms with E-state index in [1.54, 1.807) is 17.0 Å². The summed E-state index contributed by atoms with van der Waals surface area (Å²) in [6.45, 7) is 5.26. The van der Waals surface area contributed by atoms with Crippen LogP contribution in [0.1, 0.15) is 36.7 Å². The van der Waals surface area contributed by atoms with Crippen molar-refractivity contribution in [2.24, 2.45) is 5.92 Å². The number of nitrogens with one attached hydrogen (secondary N) is 2. The summed E-state index contributed by atoms with van der Waals surface area (Å²) in [5.41, 5.74) is 3.62. The lowest BCUT2D eigenvalue weighted by molar-refractivity contribution is 0.177. The van der Waals surface area contributed by atoms with Gasteiger partial charge in [0.05, 0.1) is 0 Å². The van der Waals surface area contributed by atoms with Crippen LogP contribution in [0.2, 0.25) is 0 Å². The van der Waals surface area contributed by atoms with Crippen molar-refractivity contribution in [1.82, 2.24) is 15.2 Å². The second-order valence-electron chi connectivity index (χ2n) is 7.51. The van der Waals surface area contributed by atoms with E-state index in [1.165, 1.54) is 11.6 Å². The van der Waals surface area contributed by atoms with Crippen LogP contribution in [0.4, 0.5) is 9.18 Å². The fraction of sp³-hybridized carbons (Fsp3) is 0.318. The number of benzene rings is 2. The van der Waals surface area contributed by atoms with Gasteiger partial charge < -0.3 is 15.2 Å². The Kier molecular flexibility index (Phi) is 4.60. The van der Waals surface area contributed by atoms with Crippen LogP contribution in [0.15, 0.2) is 48.5 Å². The highest BCUT2D eigenvalue weighted by Gasteiger charge is 2.35. The summed E-state index contributed by atoms with van der Waals surface area (Å²) >= 11 is 0. The summed E-state index contributed by atoms with van der Waals surface area (Å²) in [5, 5.41) is 4.14. The first kappa shape index (κ1) is 17.6. The molecule has 1 aromatic heterocycles. The van der Waals surface area contributed by atoms with E-state index in [2.05, 4.69) is 30.2 Å². The number of nitrogens with zero attached hydrogens (tertiary/aromatic N) is 1. The van der Waals surface area contributed by atoms with E-state index in [-0.39, 0.29) is 11.8 Å². The van der Waals surface area contributed by atoms with Crippen molar-refractivity contribution in [2.45, 2.75) is 26.3 Å². The number of aromatic nitrogens is 1. The van der Waals surface area contributed by atoms with Crippen LogP contribution in [-0.4, -0.2) is 29.0 Å². The van der Waals surface area contributed by atoms with Gasteiger partial charge in [0.15, 0.2) is 0 Å². The number of carbonyl (C=O) groups is 1. The number of para-hydroxylation sites is 1. The summed E-state index contributed by atoms with van der Waals surface area (Å²) in [6, 6.07) is 14.2. The molecule has 1 aliphatic heterocycles. The molecule has 3 aromatic rings. The molecular weight excluding hydrogens is 341 g/mol. The van der Waals surface area contributed by atoms with Crippen LogP contribution >= 0.6 is 0 Å². The summed E-state index contributed by atoms with van der Waals surface area (Å²) in [5.74, 6) is 0.0601. The minimum atomic E-state index is -0.463. The van der Waals surface area contributed by atoms with E-state index in [4.69, 9.17) is 0 Å². The van der Waals surface area contributed by atoms with Gasteiger partial charge in [-0.1, -0.05) is 50.2 Å². The van der Waals surface area contributed by atoms with E-state index in [0.29, 0.717) is 24.6 Å². The number of hydrogen-bond donors (Lipinski definition) is 2. The molecule has 0 bridgehead atoms. The minimum absolute atomic E-state index is 0.152. The maximum Gasteiger partial charge on any atom is 0.318 e. The van der Waals surface area contributed by atoms with Crippen LogP contribution in [0, 0.1) is 11.7 Å². The third-order valence-corrected chi connectivity index (χ3v) is 5.16. The van der Waals surface area contributed by atoms with Crippen LogP contribution in [0.5, 0.6) is 0 Å². The second-order valence-corrected chi connectivity index (χ2v) is 7.51. The number of carbonyl (C=O) groups excluding carboxylic acids is 1. The lowest BCUT2D eigenvalue weighted by atomic mass is 9.92.